The number of phosphoric acid groups is 2. The molecule has 0 heterocycles. The summed E-state index contributed by atoms with van der Waals surface area (Å²) in [4.78, 5) is 72.6. The summed E-state index contributed by atoms with van der Waals surface area (Å²) >= 11 is 0. The van der Waals surface area contributed by atoms with Crippen LogP contribution in [0.25, 0.3) is 0 Å². The highest BCUT2D eigenvalue weighted by molar-refractivity contribution is 7.47. The molecule has 2 unspecified atom stereocenters. The van der Waals surface area contributed by atoms with Crippen molar-refractivity contribution in [2.45, 2.75) is 406 Å². The van der Waals surface area contributed by atoms with Crippen molar-refractivity contribution in [3.63, 3.8) is 0 Å². The molecule has 5 atom stereocenters. The highest BCUT2D eigenvalue weighted by Gasteiger charge is 2.30. The largest absolute Gasteiger partial charge is 0.472 e. The topological polar surface area (TPSA) is 237 Å². The van der Waals surface area contributed by atoms with Gasteiger partial charge in [0.1, 0.15) is 19.3 Å². The smallest absolute Gasteiger partial charge is 0.462 e. The SMILES string of the molecule is CCCCCCCCCCCCCCCC(=O)OC[C@H](COP(=O)(O)OC[C@@H](O)COP(=O)(O)OC[C@@H](COC(=O)CCCCCCCCCCC)OC(=O)CCCCCCCCCCCC)OC(=O)CCCCCCCCCCCCCCCCCCCCC(C)C. The molecule has 93 heavy (non-hydrogen) atoms. The van der Waals surface area contributed by atoms with E-state index in [9.17, 15) is 43.2 Å². The fourth-order valence-corrected chi connectivity index (χ4v) is 12.9. The minimum Gasteiger partial charge on any atom is -0.462 e. The first-order chi connectivity index (χ1) is 45.0. The van der Waals surface area contributed by atoms with E-state index in [2.05, 4.69) is 34.6 Å². The van der Waals surface area contributed by atoms with Gasteiger partial charge in [0.2, 0.25) is 0 Å². The molecule has 0 bridgehead atoms. The summed E-state index contributed by atoms with van der Waals surface area (Å²) in [6.45, 7) is 7.29. The maximum absolute atomic E-state index is 13.1. The Morgan fingerprint density at radius 2 is 0.495 bits per heavy atom. The van der Waals surface area contributed by atoms with E-state index in [0.29, 0.717) is 25.7 Å². The number of aliphatic hydroxyl groups excluding tert-OH is 1. The average Bonchev–Trinajstić information content (AvgIpc) is 1.85. The first-order valence-corrected chi connectivity index (χ1v) is 41.6. The summed E-state index contributed by atoms with van der Waals surface area (Å²) in [6, 6.07) is 0. The second-order valence-corrected chi connectivity index (χ2v) is 30.1. The Morgan fingerprint density at radius 3 is 0.731 bits per heavy atom. The Bertz CT molecular complexity index is 1790. The highest BCUT2D eigenvalue weighted by Crippen LogP contribution is 2.45. The van der Waals surface area contributed by atoms with E-state index < -0.39 is 97.5 Å². The zero-order valence-electron chi connectivity index (χ0n) is 60.4. The van der Waals surface area contributed by atoms with Crippen molar-refractivity contribution >= 4 is 39.5 Å². The van der Waals surface area contributed by atoms with Gasteiger partial charge in [0.25, 0.3) is 0 Å². The van der Waals surface area contributed by atoms with Crippen LogP contribution < -0.4 is 0 Å². The van der Waals surface area contributed by atoms with Gasteiger partial charge in [-0.1, -0.05) is 336 Å². The molecule has 0 aromatic rings. The van der Waals surface area contributed by atoms with Crippen molar-refractivity contribution < 1.29 is 80.2 Å². The number of unbranched alkanes of at least 4 members (excludes halogenated alkanes) is 46. The van der Waals surface area contributed by atoms with E-state index >= 15 is 0 Å². The third-order valence-corrected chi connectivity index (χ3v) is 19.2. The number of hydrogen-bond acceptors (Lipinski definition) is 15. The van der Waals surface area contributed by atoms with Crippen LogP contribution in [0.2, 0.25) is 0 Å². The number of rotatable bonds is 74. The lowest BCUT2D eigenvalue weighted by atomic mass is 10.0. The molecular formula is C74H144O17P2. The molecule has 17 nitrogen and oxygen atoms in total. The van der Waals surface area contributed by atoms with Crippen LogP contribution in [0.1, 0.15) is 388 Å². The van der Waals surface area contributed by atoms with Crippen molar-refractivity contribution in [3.8, 4) is 0 Å². The number of ether oxygens (including phenoxy) is 4. The number of aliphatic hydroxyl groups is 1. The minimum absolute atomic E-state index is 0.107. The molecule has 0 aliphatic rings. The molecule has 0 amide bonds. The number of hydrogen-bond donors (Lipinski definition) is 3. The predicted molar refractivity (Wildman–Crippen MR) is 377 cm³/mol. The summed E-state index contributed by atoms with van der Waals surface area (Å²) in [5.74, 6) is -1.30. The summed E-state index contributed by atoms with van der Waals surface area (Å²) in [7, 11) is -9.90. The fraction of sp³-hybridized carbons (Fsp3) is 0.946. The molecule has 0 saturated heterocycles. The van der Waals surface area contributed by atoms with Gasteiger partial charge < -0.3 is 33.8 Å². The van der Waals surface area contributed by atoms with E-state index in [1.54, 1.807) is 0 Å². The van der Waals surface area contributed by atoms with Crippen LogP contribution in [0, 0.1) is 5.92 Å². The van der Waals surface area contributed by atoms with Crippen molar-refractivity contribution in [3.05, 3.63) is 0 Å². The Morgan fingerprint density at radius 1 is 0.290 bits per heavy atom. The van der Waals surface area contributed by atoms with E-state index in [4.69, 9.17) is 37.0 Å². The van der Waals surface area contributed by atoms with E-state index in [0.717, 1.165) is 95.8 Å². The van der Waals surface area contributed by atoms with Crippen LogP contribution in [0.4, 0.5) is 0 Å². The zero-order chi connectivity index (χ0) is 68.4. The van der Waals surface area contributed by atoms with Crippen LogP contribution in [0.5, 0.6) is 0 Å². The molecule has 19 heteroatoms. The van der Waals surface area contributed by atoms with Crippen LogP contribution in [-0.2, 0) is 65.4 Å². The zero-order valence-corrected chi connectivity index (χ0v) is 62.2. The molecule has 3 N–H and O–H groups in total. The van der Waals surface area contributed by atoms with Crippen LogP contribution in [-0.4, -0.2) is 96.7 Å². The van der Waals surface area contributed by atoms with Crippen LogP contribution in [0.15, 0.2) is 0 Å². The Balaban J connectivity index is 5.17. The molecule has 0 spiro atoms. The Labute approximate surface area is 568 Å². The molecular weight excluding hydrogens is 1220 g/mol. The molecule has 552 valence electrons. The number of phosphoric ester groups is 2. The number of carbonyl (C=O) groups excluding carboxylic acids is 4. The van der Waals surface area contributed by atoms with E-state index in [-0.39, 0.29) is 25.7 Å². The maximum Gasteiger partial charge on any atom is 0.472 e. The van der Waals surface area contributed by atoms with Gasteiger partial charge in [-0.3, -0.25) is 37.3 Å². The Kier molecular flexibility index (Phi) is 65.9. The summed E-state index contributed by atoms with van der Waals surface area (Å²) in [6.07, 6.45) is 55.5. The lowest BCUT2D eigenvalue weighted by Crippen LogP contribution is -2.30. The summed E-state index contributed by atoms with van der Waals surface area (Å²) in [5, 5.41) is 10.6. The van der Waals surface area contributed by atoms with Crippen LogP contribution >= 0.6 is 15.6 Å². The summed E-state index contributed by atoms with van der Waals surface area (Å²) < 4.78 is 68.3. The van der Waals surface area contributed by atoms with Gasteiger partial charge in [-0.2, -0.15) is 0 Å². The van der Waals surface area contributed by atoms with Gasteiger partial charge in [-0.15, -0.1) is 0 Å². The first kappa shape index (κ1) is 91.1. The molecule has 0 aromatic heterocycles. The second-order valence-electron chi connectivity index (χ2n) is 27.2. The molecule has 0 rings (SSSR count). The van der Waals surface area contributed by atoms with E-state index in [1.807, 2.05) is 0 Å². The standard InChI is InChI=1S/C74H144O17P2/c1-6-9-12-15-18-21-23-30-34-39-43-48-53-58-72(77)85-64-70(91-74(79)60-55-50-45-40-35-32-29-27-25-24-26-28-31-33-37-41-46-51-56-67(4)5)66-89-93(82,83)87-62-68(75)61-86-92(80,81)88-65-69(63-84-71(76)57-52-47-42-36-20-17-14-11-8-3)90-73(78)59-54-49-44-38-22-19-16-13-10-7-2/h67-70,75H,6-66H2,1-5H3,(H,80,81)(H,82,83)/t68-,69+,70+/m0/s1. The Hall–Kier alpha value is -1.94. The normalized spacial score (nSPS) is 14.0. The van der Waals surface area contributed by atoms with Gasteiger partial charge in [0.15, 0.2) is 12.2 Å². The average molecular weight is 1370 g/mol. The lowest BCUT2D eigenvalue weighted by Gasteiger charge is -2.21. The molecule has 0 aromatic carbocycles. The lowest BCUT2D eigenvalue weighted by molar-refractivity contribution is -0.161. The number of carbonyl (C=O) groups is 4. The number of esters is 4. The van der Waals surface area contributed by atoms with Gasteiger partial charge in [-0.25, -0.2) is 9.13 Å². The van der Waals surface area contributed by atoms with Crippen molar-refractivity contribution in [1.82, 2.24) is 0 Å². The monoisotopic (exact) mass is 1370 g/mol. The molecule has 0 radical (unpaired) electrons. The third-order valence-electron chi connectivity index (χ3n) is 17.3. The van der Waals surface area contributed by atoms with Crippen molar-refractivity contribution in [1.29, 1.82) is 0 Å². The third kappa shape index (κ3) is 68.4. The van der Waals surface area contributed by atoms with Crippen molar-refractivity contribution in [2.24, 2.45) is 5.92 Å². The maximum atomic E-state index is 13.1. The van der Waals surface area contributed by atoms with Crippen LogP contribution in [0.3, 0.4) is 0 Å². The molecule has 0 fully saturated rings. The molecule has 0 saturated carbocycles. The van der Waals surface area contributed by atoms with Crippen molar-refractivity contribution in [2.75, 3.05) is 39.6 Å². The predicted octanol–water partition coefficient (Wildman–Crippen LogP) is 21.7. The highest BCUT2D eigenvalue weighted by atomic mass is 31.2. The first-order valence-electron chi connectivity index (χ1n) is 38.6. The van der Waals surface area contributed by atoms with E-state index in [1.165, 1.54) is 212 Å². The fourth-order valence-electron chi connectivity index (χ4n) is 11.4. The van der Waals surface area contributed by atoms with Gasteiger partial charge >= 0.3 is 39.5 Å². The second kappa shape index (κ2) is 67.3. The quantitative estimate of drug-likeness (QED) is 0.0222. The van der Waals surface area contributed by atoms with Gasteiger partial charge in [0.05, 0.1) is 26.4 Å². The van der Waals surface area contributed by atoms with Gasteiger partial charge in [0, 0.05) is 25.7 Å². The summed E-state index contributed by atoms with van der Waals surface area (Å²) in [5.41, 5.74) is 0. The molecule has 0 aliphatic carbocycles. The molecule has 0 aliphatic heterocycles. The minimum atomic E-state index is -4.95. The van der Waals surface area contributed by atoms with Gasteiger partial charge in [-0.05, 0) is 31.6 Å².